The highest BCUT2D eigenvalue weighted by molar-refractivity contribution is 9.10. The van der Waals surface area contributed by atoms with Crippen LogP contribution in [0.15, 0.2) is 71.2 Å². The van der Waals surface area contributed by atoms with Crippen molar-refractivity contribution >= 4 is 27.5 Å². The van der Waals surface area contributed by atoms with Crippen LogP contribution in [-0.2, 0) is 13.1 Å². The molecule has 0 radical (unpaired) electrons. The summed E-state index contributed by atoms with van der Waals surface area (Å²) >= 11 is 3.39. The van der Waals surface area contributed by atoms with E-state index in [2.05, 4.69) is 43.8 Å². The van der Waals surface area contributed by atoms with Gasteiger partial charge in [-0.2, -0.15) is 0 Å². The van der Waals surface area contributed by atoms with Crippen LogP contribution in [0.5, 0.6) is 11.5 Å². The maximum absolute atomic E-state index is 12.4. The quantitative estimate of drug-likeness (QED) is 0.303. The van der Waals surface area contributed by atoms with Crippen molar-refractivity contribution in [3.8, 4) is 11.5 Å². The molecule has 0 aliphatic heterocycles. The average molecular weight is 538 g/mol. The topological polar surface area (TPSA) is 62.8 Å². The fourth-order valence-corrected chi connectivity index (χ4v) is 4.43. The van der Waals surface area contributed by atoms with Crippen molar-refractivity contribution in [2.24, 2.45) is 0 Å². The minimum Gasteiger partial charge on any atom is -0.493 e. The van der Waals surface area contributed by atoms with Crippen LogP contribution in [0, 0.1) is 0 Å². The molecule has 1 saturated carbocycles. The summed E-state index contributed by atoms with van der Waals surface area (Å²) in [6.07, 6.45) is 4.98. The molecule has 6 nitrogen and oxygen atoms in total. The number of hydrogen-bond donors (Lipinski definition) is 2. The molecule has 1 amide bonds. The van der Waals surface area contributed by atoms with E-state index in [1.165, 1.54) is 12.8 Å². The van der Waals surface area contributed by atoms with Crippen LogP contribution in [0.4, 0.5) is 5.69 Å². The van der Waals surface area contributed by atoms with Crippen molar-refractivity contribution in [3.05, 3.63) is 87.9 Å². The standard InChI is InChI=1S/C28H32BrN3O3/c1-32(30-18-21-9-16-26(34-2)27(17-21)35-25-5-3-4-6-25)19-20-7-14-24(15-8-20)31-28(33)22-10-12-23(29)13-11-22/h7-17,25,30H,3-6,18-19H2,1-2H3,(H,31,33). The first-order valence-corrected chi connectivity index (χ1v) is 12.7. The zero-order valence-electron chi connectivity index (χ0n) is 20.2. The van der Waals surface area contributed by atoms with Gasteiger partial charge in [0.2, 0.25) is 0 Å². The molecule has 184 valence electrons. The fraction of sp³-hybridized carbons (Fsp3) is 0.321. The number of hydrazine groups is 1. The Balaban J connectivity index is 1.28. The normalized spacial score (nSPS) is 13.7. The number of benzene rings is 3. The number of nitrogens with zero attached hydrogens (tertiary/aromatic N) is 1. The van der Waals surface area contributed by atoms with Gasteiger partial charge in [0.15, 0.2) is 11.5 Å². The number of methoxy groups -OCH3 is 1. The van der Waals surface area contributed by atoms with Crippen LogP contribution in [0.25, 0.3) is 0 Å². The van der Waals surface area contributed by atoms with Crippen LogP contribution in [0.2, 0.25) is 0 Å². The lowest BCUT2D eigenvalue weighted by atomic mass is 10.1. The molecule has 1 fully saturated rings. The number of halogens is 1. The Morgan fingerprint density at radius 2 is 1.66 bits per heavy atom. The summed E-state index contributed by atoms with van der Waals surface area (Å²) in [6, 6.07) is 21.3. The Labute approximate surface area is 215 Å². The van der Waals surface area contributed by atoms with E-state index in [4.69, 9.17) is 9.47 Å². The molecule has 0 unspecified atom stereocenters. The number of amides is 1. The van der Waals surface area contributed by atoms with E-state index < -0.39 is 0 Å². The number of carbonyl (C=O) groups is 1. The van der Waals surface area contributed by atoms with E-state index in [0.29, 0.717) is 12.1 Å². The molecular formula is C28H32BrN3O3. The Morgan fingerprint density at radius 3 is 2.34 bits per heavy atom. The second-order valence-electron chi connectivity index (χ2n) is 8.86. The monoisotopic (exact) mass is 537 g/mol. The van der Waals surface area contributed by atoms with Gasteiger partial charge in [0.1, 0.15) is 0 Å². The van der Waals surface area contributed by atoms with Crippen molar-refractivity contribution in [3.63, 3.8) is 0 Å². The van der Waals surface area contributed by atoms with E-state index >= 15 is 0 Å². The second kappa shape index (κ2) is 12.2. The van der Waals surface area contributed by atoms with Crippen LogP contribution in [-0.4, -0.2) is 31.2 Å². The molecule has 0 heterocycles. The van der Waals surface area contributed by atoms with Crippen molar-refractivity contribution in [1.82, 2.24) is 10.4 Å². The summed E-state index contributed by atoms with van der Waals surface area (Å²) in [4.78, 5) is 12.4. The van der Waals surface area contributed by atoms with Gasteiger partial charge in [0, 0.05) is 35.9 Å². The van der Waals surface area contributed by atoms with Crippen LogP contribution in [0.3, 0.4) is 0 Å². The molecule has 3 aromatic carbocycles. The minimum absolute atomic E-state index is 0.125. The van der Waals surface area contributed by atoms with Crippen molar-refractivity contribution in [1.29, 1.82) is 0 Å². The van der Waals surface area contributed by atoms with Crippen molar-refractivity contribution in [2.75, 3.05) is 19.5 Å². The summed E-state index contributed by atoms with van der Waals surface area (Å²) in [5.41, 5.74) is 7.11. The largest absolute Gasteiger partial charge is 0.493 e. The third-order valence-electron chi connectivity index (χ3n) is 6.11. The van der Waals surface area contributed by atoms with E-state index in [9.17, 15) is 4.79 Å². The highest BCUT2D eigenvalue weighted by Gasteiger charge is 2.18. The SMILES string of the molecule is COc1ccc(CNN(C)Cc2ccc(NC(=O)c3ccc(Br)cc3)cc2)cc1OC1CCCC1. The second-order valence-corrected chi connectivity index (χ2v) is 9.77. The Bertz CT molecular complexity index is 1110. The number of ether oxygens (including phenoxy) is 2. The highest BCUT2D eigenvalue weighted by Crippen LogP contribution is 2.32. The van der Waals surface area contributed by atoms with Gasteiger partial charge < -0.3 is 14.8 Å². The third-order valence-corrected chi connectivity index (χ3v) is 6.64. The molecule has 4 rings (SSSR count). The summed E-state index contributed by atoms with van der Waals surface area (Å²) in [5, 5.41) is 4.99. The first-order chi connectivity index (χ1) is 17.0. The third kappa shape index (κ3) is 7.31. The number of anilines is 1. The molecule has 1 aliphatic rings. The Kier molecular flexibility index (Phi) is 8.79. The van der Waals surface area contributed by atoms with E-state index in [1.807, 2.05) is 49.5 Å². The maximum Gasteiger partial charge on any atom is 0.255 e. The lowest BCUT2D eigenvalue weighted by Crippen LogP contribution is -2.33. The zero-order valence-corrected chi connectivity index (χ0v) is 21.8. The molecule has 2 N–H and O–H groups in total. The number of rotatable bonds is 10. The smallest absolute Gasteiger partial charge is 0.255 e. The molecule has 0 saturated heterocycles. The first kappa shape index (κ1) is 25.2. The molecule has 1 aliphatic carbocycles. The van der Waals surface area contributed by atoms with Crippen molar-refractivity contribution in [2.45, 2.75) is 44.9 Å². The van der Waals surface area contributed by atoms with E-state index in [0.717, 1.165) is 52.2 Å². The molecule has 7 heteroatoms. The molecule has 0 bridgehead atoms. The Hall–Kier alpha value is -2.87. The zero-order chi connectivity index (χ0) is 24.6. The lowest BCUT2D eigenvalue weighted by Gasteiger charge is -2.20. The summed E-state index contributed by atoms with van der Waals surface area (Å²) in [6.45, 7) is 1.41. The van der Waals surface area contributed by atoms with Crippen LogP contribution < -0.4 is 20.2 Å². The predicted octanol–water partition coefficient (Wildman–Crippen LogP) is 6.17. The van der Waals surface area contributed by atoms with Crippen LogP contribution >= 0.6 is 15.9 Å². The summed E-state index contributed by atoms with van der Waals surface area (Å²) in [7, 11) is 3.70. The van der Waals surface area contributed by atoms with Gasteiger partial charge in [-0.1, -0.05) is 34.1 Å². The minimum atomic E-state index is -0.125. The number of carbonyl (C=O) groups excluding carboxylic acids is 1. The predicted molar refractivity (Wildman–Crippen MR) is 143 cm³/mol. The number of nitrogens with one attached hydrogen (secondary N) is 2. The molecular weight excluding hydrogens is 506 g/mol. The van der Waals surface area contributed by atoms with Gasteiger partial charge in [-0.05, 0) is 85.3 Å². The van der Waals surface area contributed by atoms with Crippen LogP contribution in [0.1, 0.15) is 47.2 Å². The van der Waals surface area contributed by atoms with E-state index in [1.54, 1.807) is 19.2 Å². The summed E-state index contributed by atoms with van der Waals surface area (Å²) in [5.74, 6) is 1.48. The van der Waals surface area contributed by atoms with Gasteiger partial charge in [-0.3, -0.25) is 10.2 Å². The average Bonchev–Trinajstić information content (AvgIpc) is 3.37. The van der Waals surface area contributed by atoms with Gasteiger partial charge in [0.25, 0.3) is 5.91 Å². The molecule has 0 atom stereocenters. The van der Waals surface area contributed by atoms with E-state index in [-0.39, 0.29) is 12.0 Å². The van der Waals surface area contributed by atoms with Gasteiger partial charge >= 0.3 is 0 Å². The molecule has 0 aromatic heterocycles. The lowest BCUT2D eigenvalue weighted by molar-refractivity contribution is 0.102. The van der Waals surface area contributed by atoms with Gasteiger partial charge in [-0.15, -0.1) is 0 Å². The maximum atomic E-state index is 12.4. The Morgan fingerprint density at radius 1 is 0.971 bits per heavy atom. The van der Waals surface area contributed by atoms with Gasteiger partial charge in [-0.25, -0.2) is 5.01 Å². The fourth-order valence-electron chi connectivity index (χ4n) is 4.16. The van der Waals surface area contributed by atoms with Crippen molar-refractivity contribution < 1.29 is 14.3 Å². The first-order valence-electron chi connectivity index (χ1n) is 11.9. The molecule has 0 spiro atoms. The molecule has 35 heavy (non-hydrogen) atoms. The molecule has 3 aromatic rings. The number of hydrogen-bond acceptors (Lipinski definition) is 5. The summed E-state index contributed by atoms with van der Waals surface area (Å²) < 4.78 is 12.7. The highest BCUT2D eigenvalue weighted by atomic mass is 79.9. The van der Waals surface area contributed by atoms with Gasteiger partial charge in [0.05, 0.1) is 13.2 Å².